The molecule has 25 heavy (non-hydrogen) atoms. The van der Waals surface area contributed by atoms with Crippen molar-refractivity contribution in [1.82, 2.24) is 4.98 Å². The number of hydrogen-bond donors (Lipinski definition) is 1. The summed E-state index contributed by atoms with van der Waals surface area (Å²) in [6.45, 7) is 6.01. The molecule has 3 rings (SSSR count). The fourth-order valence-electron chi connectivity index (χ4n) is 2.55. The molecule has 0 aliphatic rings. The van der Waals surface area contributed by atoms with E-state index >= 15 is 0 Å². The summed E-state index contributed by atoms with van der Waals surface area (Å²) in [6, 6.07) is 11.6. The number of thiazole rings is 1. The molecule has 1 heterocycles. The van der Waals surface area contributed by atoms with Crippen LogP contribution in [0.15, 0.2) is 36.4 Å². The predicted octanol–water partition coefficient (Wildman–Crippen LogP) is 4.82. The van der Waals surface area contributed by atoms with Crippen molar-refractivity contribution in [2.75, 3.05) is 5.32 Å². The fraction of sp³-hybridized carbons (Fsp3) is 0.250. The van der Waals surface area contributed by atoms with Gasteiger partial charge in [0, 0.05) is 18.4 Å². The largest absolute Gasteiger partial charge is 0.302 e. The molecule has 0 radical (unpaired) electrons. The summed E-state index contributed by atoms with van der Waals surface area (Å²) in [7, 11) is 0. The molecule has 0 saturated heterocycles. The molecule has 4 nitrogen and oxygen atoms in total. The normalized spacial score (nSPS) is 10.8. The molecule has 1 aromatic heterocycles. The zero-order valence-electron chi connectivity index (χ0n) is 14.6. The van der Waals surface area contributed by atoms with Crippen LogP contribution in [-0.4, -0.2) is 16.7 Å². The molecular weight excluding hydrogens is 332 g/mol. The summed E-state index contributed by atoms with van der Waals surface area (Å²) in [6.07, 6.45) is 0.346. The number of nitrogens with one attached hydrogen (secondary N) is 1. The fourth-order valence-corrected chi connectivity index (χ4v) is 3.53. The number of carbonyl (C=O) groups excluding carboxylic acids is 2. The number of nitrogens with zero attached hydrogens (tertiary/aromatic N) is 1. The van der Waals surface area contributed by atoms with Crippen LogP contribution < -0.4 is 5.32 Å². The van der Waals surface area contributed by atoms with E-state index in [0.717, 1.165) is 26.9 Å². The molecule has 2 aromatic carbocycles. The first-order valence-electron chi connectivity index (χ1n) is 8.20. The second-order valence-corrected chi connectivity index (χ2v) is 7.29. The number of fused-ring (bicyclic) bond motifs is 1. The number of carbonyl (C=O) groups is 2. The summed E-state index contributed by atoms with van der Waals surface area (Å²) in [5, 5.41) is 3.37. The van der Waals surface area contributed by atoms with Crippen molar-refractivity contribution in [2.45, 2.75) is 33.6 Å². The third kappa shape index (κ3) is 4.12. The average Bonchev–Trinajstić information content (AvgIpc) is 2.96. The molecule has 0 aliphatic heterocycles. The van der Waals surface area contributed by atoms with Gasteiger partial charge in [0.2, 0.25) is 5.91 Å². The van der Waals surface area contributed by atoms with Crippen molar-refractivity contribution >= 4 is 38.4 Å². The van der Waals surface area contributed by atoms with Gasteiger partial charge in [-0.2, -0.15) is 0 Å². The molecule has 1 amide bonds. The van der Waals surface area contributed by atoms with E-state index < -0.39 is 0 Å². The summed E-state index contributed by atoms with van der Waals surface area (Å²) < 4.78 is 1.04. The monoisotopic (exact) mass is 352 g/mol. The standard InChI is InChI=1S/C20H20N2O2S/c1-12-4-7-16-18(10-12)25-20(21-16)22-19(24)9-8-17(23)15-6-5-13(2)14(3)11-15/h4-7,10-11H,8-9H2,1-3H3,(H,21,22,24). The topological polar surface area (TPSA) is 59.1 Å². The first-order chi connectivity index (χ1) is 11.9. The Morgan fingerprint density at radius 1 is 1.00 bits per heavy atom. The molecule has 5 heteroatoms. The van der Waals surface area contributed by atoms with E-state index in [1.54, 1.807) is 0 Å². The molecule has 0 unspecified atom stereocenters. The molecule has 0 aliphatic carbocycles. The second-order valence-electron chi connectivity index (χ2n) is 6.26. The first-order valence-corrected chi connectivity index (χ1v) is 9.01. The van der Waals surface area contributed by atoms with Gasteiger partial charge in [0.1, 0.15) is 0 Å². The summed E-state index contributed by atoms with van der Waals surface area (Å²) >= 11 is 1.45. The summed E-state index contributed by atoms with van der Waals surface area (Å²) in [4.78, 5) is 28.8. The van der Waals surface area contributed by atoms with Crippen molar-refractivity contribution < 1.29 is 9.59 Å². The highest BCUT2D eigenvalue weighted by Crippen LogP contribution is 2.26. The van der Waals surface area contributed by atoms with Crippen LogP contribution in [0.4, 0.5) is 5.13 Å². The van der Waals surface area contributed by atoms with Gasteiger partial charge in [0.25, 0.3) is 0 Å². The minimum atomic E-state index is -0.187. The lowest BCUT2D eigenvalue weighted by Crippen LogP contribution is -2.13. The number of hydrogen-bond acceptors (Lipinski definition) is 4. The first kappa shape index (κ1) is 17.3. The SMILES string of the molecule is Cc1ccc2nc(NC(=O)CCC(=O)c3ccc(C)c(C)c3)sc2c1. The van der Waals surface area contributed by atoms with E-state index in [1.807, 2.05) is 57.2 Å². The molecule has 0 fully saturated rings. The van der Waals surface area contributed by atoms with Crippen LogP contribution in [0.2, 0.25) is 0 Å². The minimum Gasteiger partial charge on any atom is -0.302 e. The summed E-state index contributed by atoms with van der Waals surface area (Å²) in [5.74, 6) is -0.203. The molecule has 3 aromatic rings. The smallest absolute Gasteiger partial charge is 0.226 e. The lowest BCUT2D eigenvalue weighted by Gasteiger charge is -2.05. The van der Waals surface area contributed by atoms with Crippen molar-refractivity contribution in [2.24, 2.45) is 0 Å². The third-order valence-corrected chi connectivity index (χ3v) is 5.13. The van der Waals surface area contributed by atoms with Gasteiger partial charge in [-0.1, -0.05) is 29.5 Å². The molecule has 0 bridgehead atoms. The maximum atomic E-state index is 12.3. The van der Waals surface area contributed by atoms with Gasteiger partial charge in [-0.15, -0.1) is 0 Å². The van der Waals surface area contributed by atoms with E-state index in [2.05, 4.69) is 10.3 Å². The van der Waals surface area contributed by atoms with E-state index in [1.165, 1.54) is 11.3 Å². The molecule has 1 N–H and O–H groups in total. The van der Waals surface area contributed by atoms with E-state index in [4.69, 9.17) is 0 Å². The van der Waals surface area contributed by atoms with Gasteiger partial charge >= 0.3 is 0 Å². The Balaban J connectivity index is 1.59. The van der Waals surface area contributed by atoms with Gasteiger partial charge in [0.15, 0.2) is 10.9 Å². The number of aryl methyl sites for hydroxylation is 3. The number of ketones is 1. The number of Topliss-reactive ketones (excluding diaryl/α,β-unsaturated/α-hetero) is 1. The highest BCUT2D eigenvalue weighted by molar-refractivity contribution is 7.22. The van der Waals surface area contributed by atoms with Crippen LogP contribution in [0, 0.1) is 20.8 Å². The molecule has 128 valence electrons. The minimum absolute atomic E-state index is 0.0156. The van der Waals surface area contributed by atoms with Crippen LogP contribution in [-0.2, 0) is 4.79 Å². The molecule has 0 saturated carbocycles. The number of anilines is 1. The Hall–Kier alpha value is -2.53. The quantitative estimate of drug-likeness (QED) is 0.670. The predicted molar refractivity (Wildman–Crippen MR) is 102 cm³/mol. The zero-order valence-corrected chi connectivity index (χ0v) is 15.4. The van der Waals surface area contributed by atoms with Crippen molar-refractivity contribution in [3.63, 3.8) is 0 Å². The average molecular weight is 352 g/mol. The van der Waals surface area contributed by atoms with Crippen molar-refractivity contribution in [3.05, 3.63) is 58.7 Å². The Morgan fingerprint density at radius 3 is 2.56 bits per heavy atom. The summed E-state index contributed by atoms with van der Waals surface area (Å²) in [5.41, 5.74) is 4.93. The highest BCUT2D eigenvalue weighted by atomic mass is 32.1. The Kier molecular flexibility index (Phi) is 4.95. The van der Waals surface area contributed by atoms with Crippen molar-refractivity contribution in [1.29, 1.82) is 0 Å². The molecular formula is C20H20N2O2S. The van der Waals surface area contributed by atoms with Crippen LogP contribution in [0.5, 0.6) is 0 Å². The van der Waals surface area contributed by atoms with Crippen LogP contribution >= 0.6 is 11.3 Å². The van der Waals surface area contributed by atoms with Gasteiger partial charge < -0.3 is 5.32 Å². The van der Waals surface area contributed by atoms with E-state index in [-0.39, 0.29) is 24.5 Å². The maximum absolute atomic E-state index is 12.3. The van der Waals surface area contributed by atoms with Crippen molar-refractivity contribution in [3.8, 4) is 0 Å². The zero-order chi connectivity index (χ0) is 18.0. The second kappa shape index (κ2) is 7.15. The van der Waals surface area contributed by atoms with Gasteiger partial charge in [0.05, 0.1) is 10.2 Å². The molecule has 0 atom stereocenters. The third-order valence-electron chi connectivity index (χ3n) is 4.20. The Labute approximate surface area is 150 Å². The van der Waals surface area contributed by atoms with Crippen LogP contribution in [0.25, 0.3) is 10.2 Å². The van der Waals surface area contributed by atoms with E-state index in [0.29, 0.717) is 10.7 Å². The lowest BCUT2D eigenvalue weighted by molar-refractivity contribution is -0.116. The Bertz CT molecular complexity index is 959. The number of benzene rings is 2. The van der Waals surface area contributed by atoms with E-state index in [9.17, 15) is 9.59 Å². The van der Waals surface area contributed by atoms with Crippen LogP contribution in [0.1, 0.15) is 39.9 Å². The number of rotatable bonds is 5. The number of aromatic nitrogens is 1. The van der Waals surface area contributed by atoms with Gasteiger partial charge in [-0.05, 0) is 55.7 Å². The number of amides is 1. The molecule has 0 spiro atoms. The van der Waals surface area contributed by atoms with Gasteiger partial charge in [-0.25, -0.2) is 4.98 Å². The Morgan fingerprint density at radius 2 is 1.80 bits per heavy atom. The van der Waals surface area contributed by atoms with Crippen LogP contribution in [0.3, 0.4) is 0 Å². The maximum Gasteiger partial charge on any atom is 0.226 e. The lowest BCUT2D eigenvalue weighted by atomic mass is 10.0. The highest BCUT2D eigenvalue weighted by Gasteiger charge is 2.12. The van der Waals surface area contributed by atoms with Gasteiger partial charge in [-0.3, -0.25) is 9.59 Å².